The van der Waals surface area contributed by atoms with Crippen molar-refractivity contribution in [2.24, 2.45) is 0 Å². The second-order valence-corrected chi connectivity index (χ2v) is 2.93. The van der Waals surface area contributed by atoms with Crippen molar-refractivity contribution in [3.63, 3.8) is 0 Å². The summed E-state index contributed by atoms with van der Waals surface area (Å²) in [6, 6.07) is 1.80. The lowest BCUT2D eigenvalue weighted by Crippen LogP contribution is -2.01. The van der Waals surface area contributed by atoms with E-state index in [4.69, 9.17) is 4.42 Å². The van der Waals surface area contributed by atoms with Gasteiger partial charge in [0.1, 0.15) is 5.76 Å². The van der Waals surface area contributed by atoms with E-state index >= 15 is 0 Å². The highest BCUT2D eigenvalue weighted by atomic mass is 32.1. The molecule has 11 heavy (non-hydrogen) atoms. The van der Waals surface area contributed by atoms with Crippen molar-refractivity contribution < 1.29 is 9.21 Å². The van der Waals surface area contributed by atoms with Crippen molar-refractivity contribution >= 4 is 17.7 Å². The number of thiol groups is 1. The summed E-state index contributed by atoms with van der Waals surface area (Å²) in [6.07, 6.45) is 1.58. The van der Waals surface area contributed by atoms with Crippen LogP contribution in [0, 0.1) is 6.92 Å². The van der Waals surface area contributed by atoms with Gasteiger partial charge < -0.3 is 4.42 Å². The van der Waals surface area contributed by atoms with Crippen molar-refractivity contribution in [2.75, 3.05) is 0 Å². The van der Waals surface area contributed by atoms with Crippen LogP contribution in [0.5, 0.6) is 0 Å². The minimum atomic E-state index is -0.169. The van der Waals surface area contributed by atoms with Crippen molar-refractivity contribution in [3.8, 4) is 0 Å². The first-order valence-corrected chi connectivity index (χ1v) is 3.84. The van der Waals surface area contributed by atoms with Crippen LogP contribution in [0.2, 0.25) is 0 Å². The standard InChI is InChI=1S/C8H10O2S/c1-5(8(9)11)7-3-4-10-6(7)2/h3-5H,1-2H3,(H,9,11). The molecular weight excluding hydrogens is 160 g/mol. The predicted octanol–water partition coefficient (Wildman–Crippen LogP) is 2.15. The third-order valence-corrected chi connectivity index (χ3v) is 2.12. The molecule has 1 unspecified atom stereocenters. The van der Waals surface area contributed by atoms with Crippen LogP contribution in [0.1, 0.15) is 24.2 Å². The molecule has 0 spiro atoms. The van der Waals surface area contributed by atoms with E-state index in [1.54, 1.807) is 12.3 Å². The lowest BCUT2D eigenvalue weighted by molar-refractivity contribution is -0.111. The fourth-order valence-corrected chi connectivity index (χ4v) is 1.12. The van der Waals surface area contributed by atoms with Gasteiger partial charge in [-0.3, -0.25) is 4.79 Å². The Bertz CT molecular complexity index is 265. The Kier molecular flexibility index (Phi) is 2.39. The van der Waals surface area contributed by atoms with E-state index in [1.807, 2.05) is 13.8 Å². The zero-order chi connectivity index (χ0) is 8.43. The number of hydrogen-bond donors (Lipinski definition) is 1. The highest BCUT2D eigenvalue weighted by Crippen LogP contribution is 2.21. The van der Waals surface area contributed by atoms with Crippen molar-refractivity contribution in [1.82, 2.24) is 0 Å². The number of hydrogen-bond acceptors (Lipinski definition) is 2. The molecule has 0 aliphatic carbocycles. The van der Waals surface area contributed by atoms with Crippen LogP contribution in [0.4, 0.5) is 0 Å². The van der Waals surface area contributed by atoms with E-state index in [0.717, 1.165) is 11.3 Å². The highest BCUT2D eigenvalue weighted by molar-refractivity contribution is 7.96. The summed E-state index contributed by atoms with van der Waals surface area (Å²) in [5.74, 6) is 0.622. The molecule has 0 fully saturated rings. The first-order valence-electron chi connectivity index (χ1n) is 3.39. The fraction of sp³-hybridized carbons (Fsp3) is 0.375. The third-order valence-electron chi connectivity index (χ3n) is 1.74. The molecule has 1 aromatic heterocycles. The van der Waals surface area contributed by atoms with Crippen molar-refractivity contribution in [3.05, 3.63) is 23.7 Å². The minimum Gasteiger partial charge on any atom is -0.469 e. The molecule has 0 radical (unpaired) electrons. The number of carbonyl (C=O) groups excluding carboxylic acids is 1. The van der Waals surface area contributed by atoms with Crippen molar-refractivity contribution in [2.45, 2.75) is 19.8 Å². The molecule has 0 saturated carbocycles. The second-order valence-electron chi connectivity index (χ2n) is 2.49. The van der Waals surface area contributed by atoms with Gasteiger partial charge in [-0.25, -0.2) is 0 Å². The second kappa shape index (κ2) is 3.13. The van der Waals surface area contributed by atoms with E-state index < -0.39 is 0 Å². The average Bonchev–Trinajstić information content (AvgIpc) is 2.33. The molecule has 2 nitrogen and oxygen atoms in total. The van der Waals surface area contributed by atoms with Crippen LogP contribution < -0.4 is 0 Å². The van der Waals surface area contributed by atoms with E-state index in [1.165, 1.54) is 0 Å². The molecule has 1 rings (SSSR count). The first-order chi connectivity index (χ1) is 5.13. The zero-order valence-corrected chi connectivity index (χ0v) is 7.39. The van der Waals surface area contributed by atoms with Gasteiger partial charge in [0.2, 0.25) is 0 Å². The monoisotopic (exact) mass is 170 g/mol. The molecule has 0 aliphatic rings. The van der Waals surface area contributed by atoms with Crippen LogP contribution in [-0.4, -0.2) is 5.12 Å². The zero-order valence-electron chi connectivity index (χ0n) is 6.50. The molecule has 3 heteroatoms. The smallest absolute Gasteiger partial charge is 0.193 e. The Morgan fingerprint density at radius 1 is 1.73 bits per heavy atom. The van der Waals surface area contributed by atoms with E-state index in [0.29, 0.717) is 0 Å². The maximum Gasteiger partial charge on any atom is 0.193 e. The number of rotatable bonds is 2. The molecule has 0 aliphatic heterocycles. The summed E-state index contributed by atoms with van der Waals surface area (Å²) in [5, 5.41) is -0.130. The molecular formula is C8H10O2S. The quantitative estimate of drug-likeness (QED) is 0.689. The highest BCUT2D eigenvalue weighted by Gasteiger charge is 2.14. The maximum atomic E-state index is 10.8. The van der Waals surface area contributed by atoms with E-state index in [2.05, 4.69) is 12.6 Å². The predicted molar refractivity (Wildman–Crippen MR) is 45.9 cm³/mol. The van der Waals surface area contributed by atoms with Gasteiger partial charge in [0.05, 0.1) is 12.2 Å². The van der Waals surface area contributed by atoms with Crippen LogP contribution in [-0.2, 0) is 4.79 Å². The van der Waals surface area contributed by atoms with Gasteiger partial charge in [0, 0.05) is 5.56 Å². The van der Waals surface area contributed by atoms with E-state index in [-0.39, 0.29) is 11.0 Å². The van der Waals surface area contributed by atoms with E-state index in [9.17, 15) is 4.79 Å². The Balaban J connectivity index is 2.92. The van der Waals surface area contributed by atoms with Crippen LogP contribution in [0.3, 0.4) is 0 Å². The fourth-order valence-electron chi connectivity index (χ4n) is 0.977. The van der Waals surface area contributed by atoms with Gasteiger partial charge in [-0.2, -0.15) is 0 Å². The van der Waals surface area contributed by atoms with Crippen LogP contribution in [0.25, 0.3) is 0 Å². The molecule has 0 amide bonds. The normalized spacial score (nSPS) is 13.0. The summed E-state index contributed by atoms with van der Waals surface area (Å²) < 4.78 is 5.05. The maximum absolute atomic E-state index is 10.8. The largest absolute Gasteiger partial charge is 0.469 e. The summed E-state index contributed by atoms with van der Waals surface area (Å²) >= 11 is 3.75. The minimum absolute atomic E-state index is 0.130. The Morgan fingerprint density at radius 2 is 2.36 bits per heavy atom. The lowest BCUT2D eigenvalue weighted by atomic mass is 10.0. The molecule has 1 aromatic rings. The Labute approximate surface area is 71.0 Å². The molecule has 1 heterocycles. The number of aryl methyl sites for hydroxylation is 1. The molecule has 60 valence electrons. The van der Waals surface area contributed by atoms with Gasteiger partial charge in [-0.05, 0) is 13.0 Å². The lowest BCUT2D eigenvalue weighted by Gasteiger charge is -2.03. The van der Waals surface area contributed by atoms with Gasteiger partial charge in [0.15, 0.2) is 5.12 Å². The van der Waals surface area contributed by atoms with Crippen LogP contribution >= 0.6 is 12.6 Å². The van der Waals surface area contributed by atoms with Gasteiger partial charge in [-0.15, -0.1) is 12.6 Å². The summed E-state index contributed by atoms with van der Waals surface area (Å²) in [4.78, 5) is 10.8. The SMILES string of the molecule is Cc1occc1C(C)C(=O)S. The third kappa shape index (κ3) is 1.66. The molecule has 0 saturated heterocycles. The topological polar surface area (TPSA) is 30.2 Å². The number of carbonyl (C=O) groups is 1. The van der Waals surface area contributed by atoms with Gasteiger partial charge >= 0.3 is 0 Å². The van der Waals surface area contributed by atoms with Crippen molar-refractivity contribution in [1.29, 1.82) is 0 Å². The molecule has 0 aromatic carbocycles. The van der Waals surface area contributed by atoms with Crippen LogP contribution in [0.15, 0.2) is 16.7 Å². The average molecular weight is 170 g/mol. The van der Waals surface area contributed by atoms with Gasteiger partial charge in [0.25, 0.3) is 0 Å². The Morgan fingerprint density at radius 3 is 2.73 bits per heavy atom. The first kappa shape index (κ1) is 8.40. The summed E-state index contributed by atoms with van der Waals surface area (Å²) in [7, 11) is 0. The number of furan rings is 1. The Hall–Kier alpha value is -0.700. The molecule has 0 bridgehead atoms. The summed E-state index contributed by atoms with van der Waals surface area (Å²) in [5.41, 5.74) is 0.921. The van der Waals surface area contributed by atoms with Gasteiger partial charge in [-0.1, -0.05) is 6.92 Å². The molecule has 0 N–H and O–H groups in total. The molecule has 1 atom stereocenters. The summed E-state index contributed by atoms with van der Waals surface area (Å²) in [6.45, 7) is 3.65.